The molecule has 1 aliphatic carbocycles. The van der Waals surface area contributed by atoms with E-state index in [2.05, 4.69) is 22.4 Å². The number of aliphatic imine (C=N–C) groups is 1. The van der Waals surface area contributed by atoms with Crippen LogP contribution < -0.4 is 15.8 Å². The van der Waals surface area contributed by atoms with Crippen molar-refractivity contribution in [3.63, 3.8) is 0 Å². The number of methoxy groups -OCH3 is 1. The summed E-state index contributed by atoms with van der Waals surface area (Å²) in [6.07, 6.45) is 9.81. The maximum Gasteiger partial charge on any atom is 0.188 e. The molecule has 122 valence electrons. The molecule has 1 aromatic rings. The summed E-state index contributed by atoms with van der Waals surface area (Å²) in [6.45, 7) is 0.775. The van der Waals surface area contributed by atoms with E-state index in [1.807, 2.05) is 12.1 Å². The Morgan fingerprint density at radius 1 is 1.18 bits per heavy atom. The van der Waals surface area contributed by atoms with Crippen LogP contribution in [-0.4, -0.2) is 25.7 Å². The molecule has 0 unspecified atom stereocenters. The van der Waals surface area contributed by atoms with E-state index in [-0.39, 0.29) is 0 Å². The number of nitrogens with two attached hydrogens (primary N) is 1. The first kappa shape index (κ1) is 16.7. The van der Waals surface area contributed by atoms with Crippen molar-refractivity contribution in [3.05, 3.63) is 29.8 Å². The number of hydrogen-bond acceptors (Lipinski definition) is 2. The van der Waals surface area contributed by atoms with Gasteiger partial charge in [-0.2, -0.15) is 0 Å². The normalized spacial score (nSPS) is 17.0. The Hall–Kier alpha value is -1.71. The van der Waals surface area contributed by atoms with Gasteiger partial charge in [0, 0.05) is 12.6 Å². The lowest BCUT2D eigenvalue weighted by Gasteiger charge is -2.16. The van der Waals surface area contributed by atoms with Crippen LogP contribution in [0.4, 0.5) is 0 Å². The van der Waals surface area contributed by atoms with E-state index in [9.17, 15) is 0 Å². The van der Waals surface area contributed by atoms with Crippen LogP contribution in [0.25, 0.3) is 0 Å². The van der Waals surface area contributed by atoms with E-state index in [0.29, 0.717) is 12.0 Å². The number of hydrogen-bond donors (Lipinski definition) is 2. The number of aryl methyl sites for hydroxylation is 1. The number of benzene rings is 1. The molecule has 22 heavy (non-hydrogen) atoms. The van der Waals surface area contributed by atoms with Crippen LogP contribution in [-0.2, 0) is 6.42 Å². The standard InChI is InChI=1S/C18H29N3O/c1-22-17-12-10-15(11-13-17)7-6-14-20-18(19)21-16-8-4-2-3-5-9-16/h10-13,16H,2-9,14H2,1H3,(H3,19,20,21). The molecule has 0 bridgehead atoms. The van der Waals surface area contributed by atoms with E-state index in [1.165, 1.54) is 44.1 Å². The summed E-state index contributed by atoms with van der Waals surface area (Å²) >= 11 is 0. The molecule has 0 spiro atoms. The molecular formula is C18H29N3O. The summed E-state index contributed by atoms with van der Waals surface area (Å²) in [6, 6.07) is 8.74. The van der Waals surface area contributed by atoms with Crippen LogP contribution >= 0.6 is 0 Å². The minimum atomic E-state index is 0.521. The van der Waals surface area contributed by atoms with Gasteiger partial charge in [0.25, 0.3) is 0 Å². The van der Waals surface area contributed by atoms with Crippen LogP contribution in [0.5, 0.6) is 5.75 Å². The van der Waals surface area contributed by atoms with Gasteiger partial charge in [0.2, 0.25) is 0 Å². The average Bonchev–Trinajstić information content (AvgIpc) is 2.81. The number of rotatable bonds is 6. The van der Waals surface area contributed by atoms with Crippen LogP contribution in [0.3, 0.4) is 0 Å². The molecule has 0 aliphatic heterocycles. The third-order valence-electron chi connectivity index (χ3n) is 4.27. The summed E-state index contributed by atoms with van der Waals surface area (Å²) < 4.78 is 5.16. The van der Waals surface area contributed by atoms with Gasteiger partial charge in [-0.15, -0.1) is 0 Å². The maximum absolute atomic E-state index is 6.00. The third-order valence-corrected chi connectivity index (χ3v) is 4.27. The highest BCUT2D eigenvalue weighted by molar-refractivity contribution is 5.78. The van der Waals surface area contributed by atoms with Gasteiger partial charge in [-0.1, -0.05) is 37.8 Å². The molecule has 1 aliphatic rings. The predicted octanol–water partition coefficient (Wildman–Crippen LogP) is 3.25. The van der Waals surface area contributed by atoms with Crippen molar-refractivity contribution >= 4 is 5.96 Å². The van der Waals surface area contributed by atoms with Gasteiger partial charge < -0.3 is 15.8 Å². The molecule has 0 saturated heterocycles. The lowest BCUT2D eigenvalue weighted by atomic mass is 10.1. The van der Waals surface area contributed by atoms with Crippen molar-refractivity contribution in [1.82, 2.24) is 5.32 Å². The fourth-order valence-corrected chi connectivity index (χ4v) is 2.95. The summed E-state index contributed by atoms with van der Waals surface area (Å²) in [7, 11) is 1.69. The second-order valence-electron chi connectivity index (χ2n) is 6.05. The van der Waals surface area contributed by atoms with Gasteiger partial charge in [0.05, 0.1) is 7.11 Å². The fourth-order valence-electron chi connectivity index (χ4n) is 2.95. The highest BCUT2D eigenvalue weighted by Crippen LogP contribution is 2.17. The predicted molar refractivity (Wildman–Crippen MR) is 92.4 cm³/mol. The van der Waals surface area contributed by atoms with Crippen molar-refractivity contribution in [1.29, 1.82) is 0 Å². The van der Waals surface area contributed by atoms with Crippen LogP contribution in [0.1, 0.15) is 50.5 Å². The topological polar surface area (TPSA) is 59.6 Å². The third kappa shape index (κ3) is 5.96. The summed E-state index contributed by atoms with van der Waals surface area (Å²) in [5, 5.41) is 3.38. The van der Waals surface area contributed by atoms with Crippen molar-refractivity contribution in [2.75, 3.05) is 13.7 Å². The molecule has 4 nitrogen and oxygen atoms in total. The first-order valence-electron chi connectivity index (χ1n) is 8.47. The van der Waals surface area contributed by atoms with Gasteiger partial charge in [-0.3, -0.25) is 4.99 Å². The Balaban J connectivity index is 1.67. The van der Waals surface area contributed by atoms with Crippen molar-refractivity contribution in [2.24, 2.45) is 10.7 Å². The molecule has 1 aromatic carbocycles. The van der Waals surface area contributed by atoms with E-state index >= 15 is 0 Å². The second kappa shape index (κ2) is 9.34. The van der Waals surface area contributed by atoms with Gasteiger partial charge in [0.15, 0.2) is 5.96 Å². The SMILES string of the molecule is COc1ccc(CCCN=C(N)NC2CCCCCC2)cc1. The molecule has 0 radical (unpaired) electrons. The quantitative estimate of drug-likeness (QED) is 0.367. The van der Waals surface area contributed by atoms with Gasteiger partial charge in [-0.25, -0.2) is 0 Å². The minimum Gasteiger partial charge on any atom is -0.497 e. The largest absolute Gasteiger partial charge is 0.497 e. The Bertz CT molecular complexity index is 448. The first-order chi connectivity index (χ1) is 10.8. The summed E-state index contributed by atoms with van der Waals surface area (Å²) in [5.41, 5.74) is 7.31. The first-order valence-corrected chi connectivity index (χ1v) is 8.47. The van der Waals surface area contributed by atoms with E-state index in [4.69, 9.17) is 10.5 Å². The Morgan fingerprint density at radius 2 is 1.86 bits per heavy atom. The van der Waals surface area contributed by atoms with Crippen LogP contribution in [0.2, 0.25) is 0 Å². The van der Waals surface area contributed by atoms with Crippen molar-refractivity contribution in [2.45, 2.75) is 57.4 Å². The van der Waals surface area contributed by atoms with E-state index in [1.54, 1.807) is 7.11 Å². The Labute approximate surface area is 134 Å². The zero-order chi connectivity index (χ0) is 15.6. The lowest BCUT2D eigenvalue weighted by molar-refractivity contribution is 0.414. The molecule has 4 heteroatoms. The molecular weight excluding hydrogens is 274 g/mol. The van der Waals surface area contributed by atoms with Crippen molar-refractivity contribution in [3.8, 4) is 5.75 Å². The molecule has 1 saturated carbocycles. The zero-order valence-electron chi connectivity index (χ0n) is 13.7. The Morgan fingerprint density at radius 3 is 2.50 bits per heavy atom. The highest BCUT2D eigenvalue weighted by Gasteiger charge is 2.11. The molecule has 3 N–H and O–H groups in total. The van der Waals surface area contributed by atoms with Gasteiger partial charge in [0.1, 0.15) is 5.75 Å². The van der Waals surface area contributed by atoms with Gasteiger partial charge in [-0.05, 0) is 43.4 Å². The highest BCUT2D eigenvalue weighted by atomic mass is 16.5. The smallest absolute Gasteiger partial charge is 0.188 e. The van der Waals surface area contributed by atoms with Gasteiger partial charge >= 0.3 is 0 Å². The summed E-state index contributed by atoms with van der Waals surface area (Å²) in [5.74, 6) is 1.51. The molecule has 1 fully saturated rings. The number of nitrogens with one attached hydrogen (secondary N) is 1. The molecule has 0 amide bonds. The number of guanidine groups is 1. The zero-order valence-corrected chi connectivity index (χ0v) is 13.7. The molecule has 0 heterocycles. The van der Waals surface area contributed by atoms with E-state index < -0.39 is 0 Å². The second-order valence-corrected chi connectivity index (χ2v) is 6.05. The van der Waals surface area contributed by atoms with Crippen LogP contribution in [0.15, 0.2) is 29.3 Å². The lowest BCUT2D eigenvalue weighted by Crippen LogP contribution is -2.39. The molecule has 0 aromatic heterocycles. The molecule has 0 atom stereocenters. The monoisotopic (exact) mass is 303 g/mol. The fraction of sp³-hybridized carbons (Fsp3) is 0.611. The summed E-state index contributed by atoms with van der Waals surface area (Å²) in [4.78, 5) is 4.46. The van der Waals surface area contributed by atoms with E-state index in [0.717, 1.165) is 25.1 Å². The Kier molecular flexibility index (Phi) is 7.07. The van der Waals surface area contributed by atoms with Crippen LogP contribution in [0, 0.1) is 0 Å². The number of nitrogens with zero attached hydrogens (tertiary/aromatic N) is 1. The minimum absolute atomic E-state index is 0.521. The average molecular weight is 303 g/mol. The molecule has 2 rings (SSSR count). The maximum atomic E-state index is 6.00. The van der Waals surface area contributed by atoms with Crippen molar-refractivity contribution < 1.29 is 4.74 Å². The number of ether oxygens (including phenoxy) is 1.